The summed E-state index contributed by atoms with van der Waals surface area (Å²) in [4.78, 5) is 29.6. The summed E-state index contributed by atoms with van der Waals surface area (Å²) in [6, 6.07) is 0. The predicted molar refractivity (Wildman–Crippen MR) is 102 cm³/mol. The van der Waals surface area contributed by atoms with Gasteiger partial charge in [0.2, 0.25) is 11.7 Å². The van der Waals surface area contributed by atoms with Gasteiger partial charge in [-0.3, -0.25) is 14.3 Å². The van der Waals surface area contributed by atoms with Gasteiger partial charge < -0.3 is 19.3 Å². The number of carbonyl (C=O) groups excluding carboxylic acids is 2. The lowest BCUT2D eigenvalue weighted by molar-refractivity contribution is -0.263. The summed E-state index contributed by atoms with van der Waals surface area (Å²) in [5.41, 5.74) is 0.577. The zero-order valence-electron chi connectivity index (χ0n) is 16.6. The lowest BCUT2D eigenvalue weighted by atomic mass is 10.1. The summed E-state index contributed by atoms with van der Waals surface area (Å²) in [5.74, 6) is -0.638. The van der Waals surface area contributed by atoms with Gasteiger partial charge in [0.15, 0.2) is 0 Å². The highest BCUT2D eigenvalue weighted by atomic mass is 16.7. The minimum Gasteiger partial charge on any atom is -0.347 e. The van der Waals surface area contributed by atoms with Crippen molar-refractivity contribution in [2.45, 2.75) is 51.4 Å². The zero-order valence-corrected chi connectivity index (χ0v) is 16.6. The van der Waals surface area contributed by atoms with Gasteiger partial charge in [-0.05, 0) is 26.2 Å². The molecule has 8 nitrogen and oxygen atoms in total. The maximum absolute atomic E-state index is 13.0. The number of ether oxygens (including phenoxy) is 2. The predicted octanol–water partition coefficient (Wildman–Crippen LogP) is 1.51. The van der Waals surface area contributed by atoms with Crippen molar-refractivity contribution in [3.63, 3.8) is 0 Å². The van der Waals surface area contributed by atoms with Crippen molar-refractivity contribution in [2.24, 2.45) is 5.92 Å². The molecule has 4 rings (SSSR count). The fourth-order valence-electron chi connectivity index (χ4n) is 4.49. The van der Waals surface area contributed by atoms with Gasteiger partial charge in [-0.15, -0.1) is 0 Å². The Balaban J connectivity index is 1.47. The molecule has 3 aliphatic rings. The molecule has 154 valence electrons. The number of aryl methyl sites for hydroxylation is 1. The summed E-state index contributed by atoms with van der Waals surface area (Å²) in [7, 11) is 0. The third-order valence-electron chi connectivity index (χ3n) is 6.03. The Bertz CT molecular complexity index is 715. The minimum absolute atomic E-state index is 0.0626. The Kier molecular flexibility index (Phi) is 5.68. The van der Waals surface area contributed by atoms with Crippen LogP contribution in [0.5, 0.6) is 0 Å². The quantitative estimate of drug-likeness (QED) is 0.782. The molecule has 0 N–H and O–H groups in total. The summed E-state index contributed by atoms with van der Waals surface area (Å²) in [6.07, 6.45) is 8.37. The number of hydrogen-bond donors (Lipinski definition) is 0. The van der Waals surface area contributed by atoms with E-state index in [2.05, 4.69) is 5.10 Å². The summed E-state index contributed by atoms with van der Waals surface area (Å²) < 4.78 is 13.9. The van der Waals surface area contributed by atoms with E-state index < -0.39 is 5.79 Å². The number of amides is 2. The largest absolute Gasteiger partial charge is 0.347 e. The topological polar surface area (TPSA) is 76.9 Å². The molecule has 2 aliphatic heterocycles. The first-order chi connectivity index (χ1) is 13.6. The second-order valence-electron chi connectivity index (χ2n) is 8.01. The van der Waals surface area contributed by atoms with Crippen LogP contribution in [0, 0.1) is 5.92 Å². The van der Waals surface area contributed by atoms with Gasteiger partial charge in [-0.2, -0.15) is 5.10 Å². The van der Waals surface area contributed by atoms with Gasteiger partial charge in [0.1, 0.15) is 0 Å². The molecule has 1 aromatic heterocycles. The van der Waals surface area contributed by atoms with Crippen molar-refractivity contribution in [1.82, 2.24) is 19.6 Å². The van der Waals surface area contributed by atoms with Crippen LogP contribution in [-0.4, -0.2) is 76.6 Å². The van der Waals surface area contributed by atoms with Crippen molar-refractivity contribution in [3.8, 4) is 0 Å². The van der Waals surface area contributed by atoms with Crippen molar-refractivity contribution < 1.29 is 19.1 Å². The van der Waals surface area contributed by atoms with E-state index in [4.69, 9.17) is 9.47 Å². The van der Waals surface area contributed by atoms with Crippen LogP contribution >= 0.6 is 0 Å². The van der Waals surface area contributed by atoms with Gasteiger partial charge in [-0.25, -0.2) is 0 Å². The molecule has 1 spiro atoms. The Morgan fingerprint density at radius 3 is 2.61 bits per heavy atom. The highest BCUT2D eigenvalue weighted by molar-refractivity contribution is 5.93. The maximum atomic E-state index is 13.0. The van der Waals surface area contributed by atoms with Gasteiger partial charge in [0.05, 0.1) is 38.1 Å². The molecule has 0 radical (unpaired) electrons. The van der Waals surface area contributed by atoms with E-state index in [1.54, 1.807) is 22.0 Å². The van der Waals surface area contributed by atoms with Crippen molar-refractivity contribution in [3.05, 3.63) is 18.0 Å². The van der Waals surface area contributed by atoms with Crippen molar-refractivity contribution in [2.75, 3.05) is 39.4 Å². The molecule has 8 heteroatoms. The van der Waals surface area contributed by atoms with E-state index >= 15 is 0 Å². The smallest absolute Gasteiger partial charge is 0.257 e. The first kappa shape index (κ1) is 19.4. The van der Waals surface area contributed by atoms with Crippen LogP contribution in [0.3, 0.4) is 0 Å². The van der Waals surface area contributed by atoms with E-state index in [1.807, 2.05) is 11.8 Å². The number of morpholine rings is 1. The Morgan fingerprint density at radius 2 is 1.86 bits per heavy atom. The Hall–Kier alpha value is -1.93. The molecule has 1 aromatic rings. The van der Waals surface area contributed by atoms with Crippen LogP contribution in [0.25, 0.3) is 0 Å². The molecule has 28 heavy (non-hydrogen) atoms. The Morgan fingerprint density at radius 1 is 1.11 bits per heavy atom. The normalized spacial score (nSPS) is 26.6. The van der Waals surface area contributed by atoms with E-state index in [1.165, 1.54) is 0 Å². The molecule has 3 heterocycles. The molecular weight excluding hydrogens is 360 g/mol. The zero-order chi connectivity index (χ0) is 19.6. The van der Waals surface area contributed by atoms with E-state index in [0.29, 0.717) is 45.0 Å². The van der Waals surface area contributed by atoms with Gasteiger partial charge in [0.25, 0.3) is 5.91 Å². The molecule has 2 saturated heterocycles. The van der Waals surface area contributed by atoms with Crippen LogP contribution in [-0.2, 0) is 20.8 Å². The van der Waals surface area contributed by atoms with Gasteiger partial charge >= 0.3 is 0 Å². The summed E-state index contributed by atoms with van der Waals surface area (Å²) >= 11 is 0. The Labute approximate surface area is 165 Å². The molecule has 2 amide bonds. The highest BCUT2D eigenvalue weighted by Crippen LogP contribution is 2.30. The minimum atomic E-state index is -0.931. The van der Waals surface area contributed by atoms with Gasteiger partial charge in [0, 0.05) is 31.7 Å². The fraction of sp³-hybridized carbons (Fsp3) is 0.750. The number of nitrogens with zero attached hydrogens (tertiary/aromatic N) is 4. The van der Waals surface area contributed by atoms with E-state index in [-0.39, 0.29) is 17.7 Å². The van der Waals surface area contributed by atoms with Crippen LogP contribution in [0.4, 0.5) is 0 Å². The third-order valence-corrected chi connectivity index (χ3v) is 6.03. The van der Waals surface area contributed by atoms with E-state index in [9.17, 15) is 9.59 Å². The van der Waals surface area contributed by atoms with Crippen LogP contribution in [0.1, 0.15) is 49.4 Å². The standard InChI is InChI=1S/C20H30N4O4/c1-2-24-13-17(12-21-24)19(26)22-8-5-10-27-20(14-22)15-23(9-11-28-20)18(25)16-6-3-4-7-16/h12-13,16H,2-11,14-15H2,1H3. The molecule has 1 saturated carbocycles. The second kappa shape index (κ2) is 8.21. The van der Waals surface area contributed by atoms with Crippen molar-refractivity contribution >= 4 is 11.8 Å². The number of rotatable bonds is 3. The van der Waals surface area contributed by atoms with Crippen LogP contribution < -0.4 is 0 Å². The van der Waals surface area contributed by atoms with Crippen LogP contribution in [0.15, 0.2) is 12.4 Å². The molecule has 0 bridgehead atoms. The average molecular weight is 390 g/mol. The third kappa shape index (κ3) is 3.93. The molecule has 0 aromatic carbocycles. The first-order valence-corrected chi connectivity index (χ1v) is 10.5. The fourth-order valence-corrected chi connectivity index (χ4v) is 4.49. The number of hydrogen-bond acceptors (Lipinski definition) is 5. The second-order valence-corrected chi connectivity index (χ2v) is 8.01. The van der Waals surface area contributed by atoms with Gasteiger partial charge in [-0.1, -0.05) is 12.8 Å². The number of aromatic nitrogens is 2. The number of carbonyl (C=O) groups is 2. The lowest BCUT2D eigenvalue weighted by Crippen LogP contribution is -2.60. The molecule has 1 unspecified atom stereocenters. The first-order valence-electron chi connectivity index (χ1n) is 10.5. The monoisotopic (exact) mass is 390 g/mol. The molecular formula is C20H30N4O4. The lowest BCUT2D eigenvalue weighted by Gasteiger charge is -2.43. The summed E-state index contributed by atoms with van der Waals surface area (Å²) in [5, 5.41) is 4.21. The molecule has 3 fully saturated rings. The van der Waals surface area contributed by atoms with Crippen molar-refractivity contribution in [1.29, 1.82) is 0 Å². The summed E-state index contributed by atoms with van der Waals surface area (Å²) in [6.45, 7) is 5.59. The molecule has 1 atom stereocenters. The molecule has 1 aliphatic carbocycles. The van der Waals surface area contributed by atoms with Crippen LogP contribution in [0.2, 0.25) is 0 Å². The highest BCUT2D eigenvalue weighted by Gasteiger charge is 2.44. The van der Waals surface area contributed by atoms with E-state index in [0.717, 1.165) is 38.6 Å². The SMILES string of the molecule is CCn1cc(C(=O)N2CCCOC3(C2)CN(C(=O)C2CCCC2)CCO3)cn1. The average Bonchev–Trinajstić information content (AvgIpc) is 3.38. The maximum Gasteiger partial charge on any atom is 0.257 e.